The zero-order chi connectivity index (χ0) is 14.1. The number of piperidine rings is 2. The van der Waals surface area contributed by atoms with Crippen LogP contribution in [0.2, 0.25) is 5.02 Å². The Morgan fingerprint density at radius 3 is 3.05 bits per heavy atom. The monoisotopic (exact) mass is 293 g/mol. The molecule has 0 aliphatic carbocycles. The Bertz CT molecular complexity index is 508. The van der Waals surface area contributed by atoms with Crippen LogP contribution in [0.5, 0.6) is 0 Å². The van der Waals surface area contributed by atoms with E-state index in [2.05, 4.69) is 16.9 Å². The van der Waals surface area contributed by atoms with Gasteiger partial charge in [-0.25, -0.2) is 0 Å². The van der Waals surface area contributed by atoms with Crippen LogP contribution in [0.4, 0.5) is 0 Å². The Morgan fingerprint density at radius 1 is 1.40 bits per heavy atom. The normalized spacial score (nSPS) is 27.2. The van der Waals surface area contributed by atoms with Crippen molar-refractivity contribution in [3.63, 3.8) is 0 Å². The van der Waals surface area contributed by atoms with E-state index in [0.717, 1.165) is 19.5 Å². The summed E-state index contributed by atoms with van der Waals surface area (Å²) in [5, 5.41) is 0.565. The van der Waals surface area contributed by atoms with Gasteiger partial charge in [0.05, 0.1) is 0 Å². The average Bonchev–Trinajstić information content (AvgIpc) is 2.46. The smallest absolute Gasteiger partial charge is 0.272 e. The van der Waals surface area contributed by atoms with E-state index in [1.54, 1.807) is 18.3 Å². The van der Waals surface area contributed by atoms with Gasteiger partial charge in [-0.3, -0.25) is 9.78 Å². The highest BCUT2D eigenvalue weighted by Crippen LogP contribution is 2.30. The summed E-state index contributed by atoms with van der Waals surface area (Å²) < 4.78 is 0. The fourth-order valence-corrected chi connectivity index (χ4v) is 3.68. The summed E-state index contributed by atoms with van der Waals surface area (Å²) in [6.45, 7) is 2.85. The van der Waals surface area contributed by atoms with Crippen molar-refractivity contribution in [1.82, 2.24) is 14.8 Å². The first-order valence-corrected chi connectivity index (χ1v) is 7.64. The van der Waals surface area contributed by atoms with E-state index >= 15 is 0 Å². The summed E-state index contributed by atoms with van der Waals surface area (Å²) in [7, 11) is 2.20. The summed E-state index contributed by atoms with van der Waals surface area (Å²) in [5.74, 6) is 0.616. The number of hydrogen-bond donors (Lipinski definition) is 0. The molecule has 1 aromatic rings. The number of halogens is 1. The highest BCUT2D eigenvalue weighted by Gasteiger charge is 2.36. The van der Waals surface area contributed by atoms with Gasteiger partial charge in [0.15, 0.2) is 0 Å². The molecule has 2 unspecified atom stereocenters. The number of rotatable bonds is 1. The highest BCUT2D eigenvalue weighted by molar-refractivity contribution is 6.30. The lowest BCUT2D eigenvalue weighted by molar-refractivity contribution is 0.0313. The van der Waals surface area contributed by atoms with E-state index in [0.29, 0.717) is 22.7 Å². The first kappa shape index (κ1) is 13.8. The third-order valence-corrected chi connectivity index (χ3v) is 4.81. The maximum absolute atomic E-state index is 12.5. The van der Waals surface area contributed by atoms with Crippen LogP contribution in [0, 0.1) is 5.92 Å². The number of carbonyl (C=O) groups is 1. The molecular weight excluding hydrogens is 274 g/mol. The maximum Gasteiger partial charge on any atom is 0.272 e. The van der Waals surface area contributed by atoms with E-state index in [1.807, 2.05) is 4.90 Å². The molecule has 2 saturated heterocycles. The summed E-state index contributed by atoms with van der Waals surface area (Å²) in [6, 6.07) is 3.99. The van der Waals surface area contributed by atoms with Gasteiger partial charge in [0.25, 0.3) is 5.91 Å². The Balaban J connectivity index is 1.71. The van der Waals surface area contributed by atoms with E-state index in [-0.39, 0.29) is 5.91 Å². The Kier molecular flexibility index (Phi) is 3.94. The van der Waals surface area contributed by atoms with Crippen LogP contribution in [0.1, 0.15) is 29.8 Å². The molecule has 3 rings (SSSR count). The third kappa shape index (κ3) is 2.67. The Hall–Kier alpha value is -1.13. The third-order valence-electron chi connectivity index (χ3n) is 4.57. The molecule has 0 saturated carbocycles. The number of hydrogen-bond acceptors (Lipinski definition) is 3. The number of pyridine rings is 1. The van der Waals surface area contributed by atoms with Crippen molar-refractivity contribution in [3.05, 3.63) is 29.0 Å². The van der Waals surface area contributed by atoms with E-state index in [1.165, 1.54) is 19.4 Å². The molecule has 5 heteroatoms. The van der Waals surface area contributed by atoms with E-state index < -0.39 is 0 Å². The van der Waals surface area contributed by atoms with Gasteiger partial charge >= 0.3 is 0 Å². The van der Waals surface area contributed by atoms with Crippen LogP contribution >= 0.6 is 11.6 Å². The van der Waals surface area contributed by atoms with Crippen LogP contribution < -0.4 is 0 Å². The fraction of sp³-hybridized carbons (Fsp3) is 0.600. The maximum atomic E-state index is 12.5. The largest absolute Gasteiger partial charge is 0.337 e. The van der Waals surface area contributed by atoms with Gasteiger partial charge in [-0.05, 0) is 50.9 Å². The SMILES string of the molecule is CN1CCCC2CN(C(=O)c3cc(Cl)ccn3)CCC21. The zero-order valence-electron chi connectivity index (χ0n) is 11.8. The molecule has 0 aromatic carbocycles. The second-order valence-electron chi connectivity index (χ2n) is 5.85. The molecule has 0 spiro atoms. The summed E-state index contributed by atoms with van der Waals surface area (Å²) in [6.07, 6.45) is 5.11. The lowest BCUT2D eigenvalue weighted by Gasteiger charge is -2.45. The van der Waals surface area contributed by atoms with Crippen molar-refractivity contribution in [3.8, 4) is 0 Å². The van der Waals surface area contributed by atoms with Gasteiger partial charge in [-0.2, -0.15) is 0 Å². The predicted molar refractivity (Wildman–Crippen MR) is 78.9 cm³/mol. The van der Waals surface area contributed by atoms with Crippen molar-refractivity contribution in [2.45, 2.75) is 25.3 Å². The first-order valence-electron chi connectivity index (χ1n) is 7.26. The van der Waals surface area contributed by atoms with Gasteiger partial charge in [-0.15, -0.1) is 0 Å². The number of carbonyl (C=O) groups excluding carboxylic acids is 1. The minimum Gasteiger partial charge on any atom is -0.337 e. The number of amides is 1. The number of likely N-dealkylation sites (tertiary alicyclic amines) is 2. The quantitative estimate of drug-likeness (QED) is 0.797. The number of fused-ring (bicyclic) bond motifs is 1. The van der Waals surface area contributed by atoms with Crippen molar-refractivity contribution in [2.24, 2.45) is 5.92 Å². The van der Waals surface area contributed by atoms with E-state index in [9.17, 15) is 4.79 Å². The van der Waals surface area contributed by atoms with E-state index in [4.69, 9.17) is 11.6 Å². The lowest BCUT2D eigenvalue weighted by atomic mass is 9.84. The van der Waals surface area contributed by atoms with Crippen LogP contribution in [0.25, 0.3) is 0 Å². The van der Waals surface area contributed by atoms with Crippen LogP contribution in [-0.2, 0) is 0 Å². The lowest BCUT2D eigenvalue weighted by Crippen LogP contribution is -2.54. The minimum absolute atomic E-state index is 0.0131. The Morgan fingerprint density at radius 2 is 2.25 bits per heavy atom. The molecule has 2 aliphatic rings. The first-order chi connectivity index (χ1) is 9.65. The number of aromatic nitrogens is 1. The summed E-state index contributed by atoms with van der Waals surface area (Å²) in [4.78, 5) is 21.0. The molecule has 1 amide bonds. The fourth-order valence-electron chi connectivity index (χ4n) is 3.52. The zero-order valence-corrected chi connectivity index (χ0v) is 12.5. The molecule has 2 fully saturated rings. The summed E-state index contributed by atoms with van der Waals surface area (Å²) >= 11 is 5.94. The molecular formula is C15H20ClN3O. The van der Waals surface area contributed by atoms with Gasteiger partial charge in [0.1, 0.15) is 5.69 Å². The predicted octanol–water partition coefficient (Wildman–Crippen LogP) is 2.29. The van der Waals surface area contributed by atoms with Crippen LogP contribution in [-0.4, -0.2) is 53.4 Å². The van der Waals surface area contributed by atoms with Crippen LogP contribution in [0.3, 0.4) is 0 Å². The molecule has 1 aromatic heterocycles. The van der Waals surface area contributed by atoms with Crippen molar-refractivity contribution >= 4 is 17.5 Å². The Labute approximate surface area is 124 Å². The molecule has 0 radical (unpaired) electrons. The molecule has 3 heterocycles. The van der Waals surface area contributed by atoms with Gasteiger partial charge in [0, 0.05) is 30.4 Å². The molecule has 0 N–H and O–H groups in total. The van der Waals surface area contributed by atoms with Crippen molar-refractivity contribution in [1.29, 1.82) is 0 Å². The molecule has 20 heavy (non-hydrogen) atoms. The second kappa shape index (κ2) is 5.70. The average molecular weight is 294 g/mol. The van der Waals surface area contributed by atoms with Crippen molar-refractivity contribution in [2.75, 3.05) is 26.7 Å². The topological polar surface area (TPSA) is 36.4 Å². The van der Waals surface area contributed by atoms with Gasteiger partial charge < -0.3 is 9.80 Å². The molecule has 108 valence electrons. The van der Waals surface area contributed by atoms with Crippen LogP contribution in [0.15, 0.2) is 18.3 Å². The number of nitrogens with zero attached hydrogens (tertiary/aromatic N) is 3. The second-order valence-corrected chi connectivity index (χ2v) is 6.29. The molecule has 4 nitrogen and oxygen atoms in total. The summed E-state index contributed by atoms with van der Waals surface area (Å²) in [5.41, 5.74) is 0.458. The van der Waals surface area contributed by atoms with Gasteiger partial charge in [-0.1, -0.05) is 11.6 Å². The molecule has 0 bridgehead atoms. The molecule has 2 atom stereocenters. The molecule has 2 aliphatic heterocycles. The highest BCUT2D eigenvalue weighted by atomic mass is 35.5. The minimum atomic E-state index is 0.0131. The standard InChI is InChI=1S/C15H20ClN3O/c1-18-7-2-3-11-10-19(8-5-14(11)18)15(20)13-9-12(16)4-6-17-13/h4,6,9,11,14H,2-3,5,7-8,10H2,1H3. The van der Waals surface area contributed by atoms with Gasteiger partial charge in [0.2, 0.25) is 0 Å². The van der Waals surface area contributed by atoms with Crippen molar-refractivity contribution < 1.29 is 4.79 Å².